The van der Waals surface area contributed by atoms with Crippen molar-refractivity contribution < 1.29 is 8.42 Å². The van der Waals surface area contributed by atoms with Gasteiger partial charge in [0.25, 0.3) is 10.0 Å². The van der Waals surface area contributed by atoms with Crippen molar-refractivity contribution in [1.29, 1.82) is 0 Å². The van der Waals surface area contributed by atoms with Crippen molar-refractivity contribution in [2.24, 2.45) is 7.05 Å². The van der Waals surface area contributed by atoms with Crippen molar-refractivity contribution in [3.63, 3.8) is 0 Å². The zero-order valence-electron chi connectivity index (χ0n) is 11.5. The molecule has 0 aliphatic carbocycles. The first kappa shape index (κ1) is 14.2. The number of aryl methyl sites for hydroxylation is 2. The Hall–Kier alpha value is -2.26. The highest BCUT2D eigenvalue weighted by atomic mass is 32.2. The highest BCUT2D eigenvalue weighted by Gasteiger charge is 2.23. The van der Waals surface area contributed by atoms with Gasteiger partial charge in [-0.05, 0) is 32.0 Å². The third kappa shape index (κ3) is 2.53. The van der Waals surface area contributed by atoms with Crippen LogP contribution in [-0.4, -0.2) is 18.2 Å². The molecule has 0 atom stereocenters. The fourth-order valence-corrected chi connectivity index (χ4v) is 3.51. The first-order chi connectivity index (χ1) is 9.35. The molecule has 0 saturated carbocycles. The van der Waals surface area contributed by atoms with E-state index in [1.807, 2.05) is 0 Å². The summed E-state index contributed by atoms with van der Waals surface area (Å²) in [6.45, 7) is 3.38. The van der Waals surface area contributed by atoms with Gasteiger partial charge in [-0.15, -0.1) is 6.42 Å². The molecule has 0 spiro atoms. The molecule has 5 nitrogen and oxygen atoms in total. The summed E-state index contributed by atoms with van der Waals surface area (Å²) in [6.07, 6.45) is 5.30. The van der Waals surface area contributed by atoms with Gasteiger partial charge in [0.15, 0.2) is 0 Å². The van der Waals surface area contributed by atoms with E-state index < -0.39 is 10.0 Å². The minimum Gasteiger partial charge on any atom is -0.279 e. The Kier molecular flexibility index (Phi) is 3.55. The first-order valence-electron chi connectivity index (χ1n) is 5.95. The van der Waals surface area contributed by atoms with E-state index >= 15 is 0 Å². The number of nitrogens with one attached hydrogen (secondary N) is 1. The van der Waals surface area contributed by atoms with Crippen LogP contribution in [0.1, 0.15) is 17.0 Å². The summed E-state index contributed by atoms with van der Waals surface area (Å²) in [5, 5.41) is 4.12. The van der Waals surface area contributed by atoms with E-state index in [1.165, 1.54) is 0 Å². The van der Waals surface area contributed by atoms with Crippen molar-refractivity contribution in [2.45, 2.75) is 18.7 Å². The van der Waals surface area contributed by atoms with E-state index in [0.717, 1.165) is 0 Å². The number of sulfonamides is 1. The topological polar surface area (TPSA) is 64.0 Å². The van der Waals surface area contributed by atoms with E-state index in [-0.39, 0.29) is 4.90 Å². The number of hydrogen-bond donors (Lipinski definition) is 1. The van der Waals surface area contributed by atoms with Crippen LogP contribution in [0.15, 0.2) is 29.2 Å². The molecule has 2 aromatic rings. The maximum atomic E-state index is 12.4. The van der Waals surface area contributed by atoms with Gasteiger partial charge in [0.2, 0.25) is 0 Å². The Morgan fingerprint density at radius 3 is 2.60 bits per heavy atom. The molecule has 0 bridgehead atoms. The zero-order valence-corrected chi connectivity index (χ0v) is 12.3. The zero-order chi connectivity index (χ0) is 14.9. The van der Waals surface area contributed by atoms with Gasteiger partial charge in [-0.1, -0.05) is 12.0 Å². The number of terminal acetylenes is 1. The minimum absolute atomic E-state index is 0.200. The summed E-state index contributed by atoms with van der Waals surface area (Å²) >= 11 is 0. The highest BCUT2D eigenvalue weighted by molar-refractivity contribution is 7.92. The lowest BCUT2D eigenvalue weighted by Crippen LogP contribution is -2.15. The quantitative estimate of drug-likeness (QED) is 0.877. The maximum Gasteiger partial charge on any atom is 0.265 e. The number of hydrogen-bond acceptors (Lipinski definition) is 3. The van der Waals surface area contributed by atoms with Gasteiger partial charge >= 0.3 is 0 Å². The molecule has 0 aliphatic rings. The van der Waals surface area contributed by atoms with Crippen LogP contribution in [0.2, 0.25) is 0 Å². The van der Waals surface area contributed by atoms with Crippen molar-refractivity contribution >= 4 is 15.7 Å². The molecule has 0 amide bonds. The van der Waals surface area contributed by atoms with Crippen LogP contribution in [-0.2, 0) is 17.1 Å². The molecule has 1 heterocycles. The average molecular weight is 289 g/mol. The monoisotopic (exact) mass is 289 g/mol. The molecule has 1 aromatic carbocycles. The Morgan fingerprint density at radius 2 is 2.05 bits per heavy atom. The largest absolute Gasteiger partial charge is 0.279 e. The number of nitrogens with zero attached hydrogens (tertiary/aromatic N) is 2. The summed E-state index contributed by atoms with van der Waals surface area (Å²) < 4.78 is 29.0. The van der Waals surface area contributed by atoms with Crippen LogP contribution in [0, 0.1) is 26.2 Å². The van der Waals surface area contributed by atoms with Crippen LogP contribution in [0.3, 0.4) is 0 Å². The molecule has 2 rings (SSSR count). The lowest BCUT2D eigenvalue weighted by Gasteiger charge is -2.08. The molecule has 0 aliphatic heterocycles. The second kappa shape index (κ2) is 5.02. The molecule has 1 aromatic heterocycles. The molecule has 0 radical (unpaired) electrons. The van der Waals surface area contributed by atoms with Gasteiger partial charge in [-0.3, -0.25) is 9.40 Å². The molecule has 0 saturated heterocycles. The molecule has 0 fully saturated rings. The van der Waals surface area contributed by atoms with Gasteiger partial charge in [0, 0.05) is 12.6 Å². The van der Waals surface area contributed by atoms with Crippen LogP contribution < -0.4 is 4.72 Å². The maximum absolute atomic E-state index is 12.4. The average Bonchev–Trinajstić information content (AvgIpc) is 2.63. The number of aromatic nitrogens is 2. The summed E-state index contributed by atoms with van der Waals surface area (Å²) in [5.74, 6) is 2.47. The van der Waals surface area contributed by atoms with Crippen molar-refractivity contribution in [1.82, 2.24) is 9.78 Å². The summed E-state index contributed by atoms with van der Waals surface area (Å²) in [5.41, 5.74) is 2.10. The smallest absolute Gasteiger partial charge is 0.265 e. The molecule has 0 unspecified atom stereocenters. The lowest BCUT2D eigenvalue weighted by atomic mass is 10.2. The number of benzene rings is 1. The van der Waals surface area contributed by atoms with Gasteiger partial charge in [0.05, 0.1) is 17.1 Å². The van der Waals surface area contributed by atoms with Gasteiger partial charge < -0.3 is 0 Å². The van der Waals surface area contributed by atoms with E-state index in [9.17, 15) is 8.42 Å². The van der Waals surface area contributed by atoms with E-state index in [1.54, 1.807) is 49.8 Å². The Morgan fingerprint density at radius 1 is 1.35 bits per heavy atom. The van der Waals surface area contributed by atoms with Crippen LogP contribution in [0.25, 0.3) is 0 Å². The van der Waals surface area contributed by atoms with E-state index in [2.05, 4.69) is 15.7 Å². The fraction of sp³-hybridized carbons (Fsp3) is 0.214. The normalized spacial score (nSPS) is 11.1. The standard InChI is InChI=1S/C14H15N3O2S/c1-5-12-7-6-8-13(9-12)16-20(18,19)14-10(2)15-17(4)11(14)3/h1,6-9,16H,2-4H3. The Bertz CT molecular complexity index is 798. The first-order valence-corrected chi connectivity index (χ1v) is 7.43. The van der Waals surface area contributed by atoms with Crippen LogP contribution in [0.4, 0.5) is 5.69 Å². The van der Waals surface area contributed by atoms with Crippen LogP contribution in [0.5, 0.6) is 0 Å². The molecular weight excluding hydrogens is 274 g/mol. The van der Waals surface area contributed by atoms with Gasteiger partial charge in [-0.25, -0.2) is 8.42 Å². The summed E-state index contributed by atoms with van der Waals surface area (Å²) in [7, 11) is -1.97. The molecule has 6 heteroatoms. The summed E-state index contributed by atoms with van der Waals surface area (Å²) in [4.78, 5) is 0.200. The third-order valence-corrected chi connectivity index (χ3v) is 4.63. The lowest BCUT2D eigenvalue weighted by molar-refractivity contribution is 0.599. The van der Waals surface area contributed by atoms with Crippen LogP contribution >= 0.6 is 0 Å². The van der Waals surface area contributed by atoms with Crippen molar-refractivity contribution in [3.05, 3.63) is 41.2 Å². The predicted octanol–water partition coefficient (Wildman–Crippen LogP) is 1.82. The van der Waals surface area contributed by atoms with Gasteiger partial charge in [0.1, 0.15) is 4.90 Å². The number of anilines is 1. The van der Waals surface area contributed by atoms with Crippen molar-refractivity contribution in [2.75, 3.05) is 4.72 Å². The SMILES string of the molecule is C#Cc1cccc(NS(=O)(=O)c2c(C)nn(C)c2C)c1. The Labute approximate surface area is 118 Å². The number of rotatable bonds is 3. The molecule has 104 valence electrons. The molecule has 20 heavy (non-hydrogen) atoms. The molecule has 1 N–H and O–H groups in total. The second-order valence-corrected chi connectivity index (χ2v) is 6.07. The minimum atomic E-state index is -3.68. The van der Waals surface area contributed by atoms with Gasteiger partial charge in [-0.2, -0.15) is 5.10 Å². The Balaban J connectivity index is 2.44. The van der Waals surface area contributed by atoms with Crippen molar-refractivity contribution in [3.8, 4) is 12.3 Å². The highest BCUT2D eigenvalue weighted by Crippen LogP contribution is 2.22. The predicted molar refractivity (Wildman–Crippen MR) is 77.9 cm³/mol. The fourth-order valence-electron chi connectivity index (χ4n) is 2.02. The molecular formula is C14H15N3O2S. The summed E-state index contributed by atoms with van der Waals surface area (Å²) in [6, 6.07) is 6.70. The van der Waals surface area contributed by atoms with E-state index in [4.69, 9.17) is 6.42 Å². The third-order valence-electron chi connectivity index (χ3n) is 2.99. The van der Waals surface area contributed by atoms with E-state index in [0.29, 0.717) is 22.6 Å². The second-order valence-electron chi connectivity index (χ2n) is 4.45.